The lowest BCUT2D eigenvalue weighted by Crippen LogP contribution is -2.37. The molecule has 2 atom stereocenters. The zero-order chi connectivity index (χ0) is 18.2. The van der Waals surface area contributed by atoms with E-state index in [1.807, 2.05) is 20.8 Å². The van der Waals surface area contributed by atoms with Crippen molar-refractivity contribution in [3.05, 3.63) is 5.82 Å². The maximum absolute atomic E-state index is 11.9. The summed E-state index contributed by atoms with van der Waals surface area (Å²) >= 11 is 0. The van der Waals surface area contributed by atoms with Crippen molar-refractivity contribution in [2.75, 3.05) is 6.54 Å². The lowest BCUT2D eigenvalue weighted by atomic mass is 9.82. The van der Waals surface area contributed by atoms with E-state index in [2.05, 4.69) is 45.9 Å². The molecule has 0 fully saturated rings. The first-order valence-corrected chi connectivity index (χ1v) is 8.30. The van der Waals surface area contributed by atoms with Crippen LogP contribution in [0.3, 0.4) is 0 Å². The van der Waals surface area contributed by atoms with Crippen molar-refractivity contribution in [3.8, 4) is 6.07 Å². The van der Waals surface area contributed by atoms with E-state index in [9.17, 15) is 4.79 Å². The number of nitriles is 1. The van der Waals surface area contributed by atoms with Crippen LogP contribution >= 0.6 is 0 Å². The number of amides is 1. The van der Waals surface area contributed by atoms with Crippen molar-refractivity contribution in [1.29, 1.82) is 5.26 Å². The Balaban J connectivity index is 2.80. The molecule has 0 saturated carbocycles. The molecule has 1 aromatic rings. The number of aromatic nitrogens is 4. The fourth-order valence-corrected chi connectivity index (χ4v) is 2.65. The number of hydrogen-bond donors (Lipinski definition) is 2. The molecule has 0 aliphatic carbocycles. The van der Waals surface area contributed by atoms with Crippen LogP contribution in [0.5, 0.6) is 0 Å². The zero-order valence-corrected chi connectivity index (χ0v) is 15.2. The lowest BCUT2D eigenvalue weighted by Gasteiger charge is -2.27. The zero-order valence-electron chi connectivity index (χ0n) is 15.2. The summed E-state index contributed by atoms with van der Waals surface area (Å²) in [5, 5.41) is 26.0. The number of nitrogens with zero attached hydrogens (tertiary/aromatic N) is 4. The van der Waals surface area contributed by atoms with Crippen LogP contribution in [0.25, 0.3) is 0 Å². The Kier molecular flexibility index (Phi) is 7.62. The van der Waals surface area contributed by atoms with Gasteiger partial charge in [-0.2, -0.15) is 10.5 Å². The minimum atomic E-state index is -0.536. The molecule has 0 bridgehead atoms. The first kappa shape index (κ1) is 19.9. The Morgan fingerprint density at radius 3 is 2.62 bits per heavy atom. The number of alkyl carbamates (subject to hydrolysis) is 1. The van der Waals surface area contributed by atoms with Crippen molar-refractivity contribution in [3.63, 3.8) is 0 Å². The fourth-order valence-electron chi connectivity index (χ4n) is 2.65. The van der Waals surface area contributed by atoms with E-state index in [1.165, 1.54) is 0 Å². The van der Waals surface area contributed by atoms with E-state index in [1.54, 1.807) is 0 Å². The molecule has 0 aliphatic rings. The van der Waals surface area contributed by atoms with Gasteiger partial charge in [0.05, 0.1) is 6.07 Å². The summed E-state index contributed by atoms with van der Waals surface area (Å²) < 4.78 is 5.29. The first-order valence-electron chi connectivity index (χ1n) is 8.30. The smallest absolute Gasteiger partial charge is 0.407 e. The van der Waals surface area contributed by atoms with Crippen LogP contribution in [0, 0.1) is 23.2 Å². The minimum absolute atomic E-state index is 0.0410. The van der Waals surface area contributed by atoms with E-state index < -0.39 is 11.7 Å². The molecule has 2 unspecified atom stereocenters. The molecule has 134 valence electrons. The second kappa shape index (κ2) is 9.21. The topological polar surface area (TPSA) is 117 Å². The van der Waals surface area contributed by atoms with Crippen molar-refractivity contribution < 1.29 is 9.53 Å². The number of tetrazole rings is 1. The van der Waals surface area contributed by atoms with E-state index in [-0.39, 0.29) is 11.8 Å². The van der Waals surface area contributed by atoms with Gasteiger partial charge >= 0.3 is 6.09 Å². The van der Waals surface area contributed by atoms with Crippen molar-refractivity contribution in [2.45, 2.75) is 65.4 Å². The number of carbonyl (C=O) groups is 1. The van der Waals surface area contributed by atoms with Crippen LogP contribution in [-0.4, -0.2) is 38.9 Å². The molecule has 2 N–H and O–H groups in total. The van der Waals surface area contributed by atoms with Crippen LogP contribution < -0.4 is 5.32 Å². The van der Waals surface area contributed by atoms with Crippen LogP contribution in [0.2, 0.25) is 0 Å². The second-order valence-electron chi connectivity index (χ2n) is 7.35. The van der Waals surface area contributed by atoms with E-state index >= 15 is 0 Å². The van der Waals surface area contributed by atoms with Crippen molar-refractivity contribution >= 4 is 6.09 Å². The molecule has 1 heterocycles. The Morgan fingerprint density at radius 2 is 2.12 bits per heavy atom. The largest absolute Gasteiger partial charge is 0.444 e. The Labute approximate surface area is 143 Å². The third-order valence-electron chi connectivity index (χ3n) is 3.51. The molecule has 8 nitrogen and oxygen atoms in total. The third kappa shape index (κ3) is 7.40. The highest BCUT2D eigenvalue weighted by Gasteiger charge is 2.28. The van der Waals surface area contributed by atoms with Crippen LogP contribution in [0.1, 0.15) is 65.6 Å². The van der Waals surface area contributed by atoms with E-state index in [0.717, 1.165) is 6.42 Å². The quantitative estimate of drug-likeness (QED) is 0.754. The Hall–Kier alpha value is -2.17. The fraction of sp³-hybridized carbons (Fsp3) is 0.812. The number of carbonyl (C=O) groups excluding carboxylic acids is 1. The van der Waals surface area contributed by atoms with Gasteiger partial charge in [0.1, 0.15) is 5.60 Å². The van der Waals surface area contributed by atoms with Crippen LogP contribution in [0.15, 0.2) is 0 Å². The van der Waals surface area contributed by atoms with Gasteiger partial charge in [0.25, 0.3) is 0 Å². The maximum Gasteiger partial charge on any atom is 0.407 e. The number of rotatable bonds is 8. The Morgan fingerprint density at radius 1 is 1.42 bits per heavy atom. The number of aromatic amines is 1. The molecule has 0 aromatic carbocycles. The van der Waals surface area contributed by atoms with Gasteiger partial charge < -0.3 is 10.1 Å². The van der Waals surface area contributed by atoms with Crippen molar-refractivity contribution in [2.24, 2.45) is 11.8 Å². The molecule has 1 rings (SSSR count). The van der Waals surface area contributed by atoms with Gasteiger partial charge in [-0.25, -0.2) is 4.79 Å². The first-order chi connectivity index (χ1) is 11.2. The van der Waals surface area contributed by atoms with Gasteiger partial charge in [0, 0.05) is 18.9 Å². The van der Waals surface area contributed by atoms with Crippen LogP contribution in [0.4, 0.5) is 4.79 Å². The third-order valence-corrected chi connectivity index (χ3v) is 3.51. The summed E-state index contributed by atoms with van der Waals surface area (Å²) in [6, 6.07) is 2.17. The van der Waals surface area contributed by atoms with Crippen LogP contribution in [-0.2, 0) is 4.74 Å². The summed E-state index contributed by atoms with van der Waals surface area (Å²) in [6.07, 6.45) is 1.47. The highest BCUT2D eigenvalue weighted by atomic mass is 16.6. The molecule has 24 heavy (non-hydrogen) atoms. The Bertz CT molecular complexity index is 530. The van der Waals surface area contributed by atoms with Gasteiger partial charge in [-0.05, 0) is 45.4 Å². The summed E-state index contributed by atoms with van der Waals surface area (Å²) in [5.74, 6) is 1.08. The summed E-state index contributed by atoms with van der Waals surface area (Å²) in [7, 11) is 0. The lowest BCUT2D eigenvalue weighted by molar-refractivity contribution is 0.0513. The van der Waals surface area contributed by atoms with Gasteiger partial charge in [0.2, 0.25) is 0 Å². The summed E-state index contributed by atoms with van der Waals surface area (Å²) in [6.45, 7) is 10.2. The van der Waals surface area contributed by atoms with E-state index in [4.69, 9.17) is 10.00 Å². The molecule has 8 heteroatoms. The van der Waals surface area contributed by atoms with Gasteiger partial charge in [-0.15, -0.1) is 10.2 Å². The predicted molar refractivity (Wildman–Crippen MR) is 88.9 cm³/mol. The minimum Gasteiger partial charge on any atom is -0.444 e. The number of ether oxygens (including phenoxy) is 1. The molecular formula is C16H28N6O2. The number of hydrogen-bond acceptors (Lipinski definition) is 6. The predicted octanol–water partition coefficient (Wildman–Crippen LogP) is 2.77. The molecule has 0 spiro atoms. The molecule has 1 amide bonds. The standard InChI is InChI=1S/C16H28N6O2/c1-11(2)9-12(10-18-15(23)24-16(3,4)5)13(7-6-8-17)14-19-21-22-20-14/h11-13H,6-7,9-10H2,1-5H3,(H,18,23)(H,19,20,21,22). The monoisotopic (exact) mass is 336 g/mol. The molecule has 0 saturated heterocycles. The molecule has 1 aromatic heterocycles. The van der Waals surface area contributed by atoms with Gasteiger partial charge in [-0.1, -0.05) is 19.1 Å². The van der Waals surface area contributed by atoms with Crippen molar-refractivity contribution in [1.82, 2.24) is 25.9 Å². The molecular weight excluding hydrogens is 308 g/mol. The number of nitrogens with one attached hydrogen (secondary N) is 2. The SMILES string of the molecule is CC(C)CC(CNC(=O)OC(C)(C)C)C(CCC#N)c1nn[nH]n1. The molecule has 0 aliphatic heterocycles. The average Bonchev–Trinajstić information content (AvgIpc) is 2.96. The highest BCUT2D eigenvalue weighted by molar-refractivity contribution is 5.67. The number of H-pyrrole nitrogens is 1. The average molecular weight is 336 g/mol. The van der Waals surface area contributed by atoms with Gasteiger partial charge in [0.15, 0.2) is 5.82 Å². The molecule has 0 radical (unpaired) electrons. The maximum atomic E-state index is 11.9. The van der Waals surface area contributed by atoms with Gasteiger partial charge in [-0.3, -0.25) is 0 Å². The van der Waals surface area contributed by atoms with E-state index in [0.29, 0.717) is 31.1 Å². The second-order valence-corrected chi connectivity index (χ2v) is 7.35. The summed E-state index contributed by atoms with van der Waals surface area (Å²) in [5.41, 5.74) is -0.536. The highest BCUT2D eigenvalue weighted by Crippen LogP contribution is 2.31. The normalized spacial score (nSPS) is 14.0. The summed E-state index contributed by atoms with van der Waals surface area (Å²) in [4.78, 5) is 11.9.